The molecule has 5 heteroatoms. The number of alkyl halides is 3. The van der Waals surface area contributed by atoms with Crippen LogP contribution in [0.1, 0.15) is 18.1 Å². The molecule has 0 amide bonds. The smallest absolute Gasteiger partial charge is 0.405 e. The molecule has 0 spiro atoms. The van der Waals surface area contributed by atoms with E-state index in [2.05, 4.69) is 4.74 Å². The topological polar surface area (TPSA) is 29.5 Å². The molecule has 15 heavy (non-hydrogen) atoms. The molecule has 0 heterocycles. The third-order valence-corrected chi connectivity index (χ3v) is 1.85. The molecule has 0 unspecified atom stereocenters. The summed E-state index contributed by atoms with van der Waals surface area (Å²) in [5.41, 5.74) is 0.712. The molecule has 1 aromatic rings. The fraction of sp³-hybridized carbons (Fsp3) is 0.300. The molecule has 2 nitrogen and oxygen atoms in total. The molecule has 0 atom stereocenters. The molecule has 1 rings (SSSR count). The van der Waals surface area contributed by atoms with Crippen LogP contribution in [0.25, 0.3) is 0 Å². The number of rotatable bonds is 3. The molecule has 0 saturated heterocycles. The Morgan fingerprint density at radius 3 is 2.53 bits per heavy atom. The number of aryl methyl sites for hydroxylation is 1. The summed E-state index contributed by atoms with van der Waals surface area (Å²) in [5, 5.41) is 8.66. The first-order valence-electron chi connectivity index (χ1n) is 4.32. The van der Waals surface area contributed by atoms with Gasteiger partial charge in [0.1, 0.15) is 12.4 Å². The summed E-state index contributed by atoms with van der Waals surface area (Å²) in [6, 6.07) is 4.15. The van der Waals surface area contributed by atoms with Gasteiger partial charge in [0.2, 0.25) is 0 Å². The Bertz CT molecular complexity index is 334. The highest BCUT2D eigenvalue weighted by atomic mass is 19.4. The number of halogens is 3. The minimum Gasteiger partial charge on any atom is -0.405 e. The van der Waals surface area contributed by atoms with Gasteiger partial charge in [0.05, 0.1) is 0 Å². The Kier molecular flexibility index (Phi) is 3.57. The highest BCUT2D eigenvalue weighted by molar-refractivity contribution is 5.39. The molecule has 0 saturated carbocycles. The lowest BCUT2D eigenvalue weighted by atomic mass is 10.1. The minimum absolute atomic E-state index is 0.270. The Morgan fingerprint density at radius 1 is 1.40 bits per heavy atom. The summed E-state index contributed by atoms with van der Waals surface area (Å²) < 4.78 is 39.8. The maximum atomic E-state index is 12.0. The van der Waals surface area contributed by atoms with Crippen LogP contribution in [0.5, 0.6) is 5.75 Å². The van der Waals surface area contributed by atoms with Crippen LogP contribution >= 0.6 is 0 Å². The third-order valence-electron chi connectivity index (χ3n) is 1.85. The predicted octanol–water partition coefficient (Wildman–Crippen LogP) is 3.03. The summed E-state index contributed by atoms with van der Waals surface area (Å²) >= 11 is 0. The molecule has 1 radical (unpaired) electrons. The van der Waals surface area contributed by atoms with Crippen molar-refractivity contribution in [3.8, 4) is 5.75 Å². The first-order valence-corrected chi connectivity index (χ1v) is 4.32. The van der Waals surface area contributed by atoms with Crippen LogP contribution < -0.4 is 4.74 Å². The van der Waals surface area contributed by atoms with Crippen LogP contribution in [-0.4, -0.2) is 11.5 Å². The number of ether oxygens (including phenoxy) is 1. The second-order valence-electron chi connectivity index (χ2n) is 2.90. The maximum Gasteiger partial charge on any atom is 0.573 e. The van der Waals surface area contributed by atoms with Crippen molar-refractivity contribution in [1.29, 1.82) is 0 Å². The van der Waals surface area contributed by atoms with Gasteiger partial charge in [0.15, 0.2) is 0 Å². The first kappa shape index (κ1) is 11.8. The van der Waals surface area contributed by atoms with Gasteiger partial charge in [-0.25, -0.2) is 0 Å². The maximum absolute atomic E-state index is 12.0. The van der Waals surface area contributed by atoms with Crippen molar-refractivity contribution in [1.82, 2.24) is 0 Å². The zero-order valence-corrected chi connectivity index (χ0v) is 8.01. The Hall–Kier alpha value is -1.23. The molecule has 0 bridgehead atoms. The van der Waals surface area contributed by atoms with Crippen LogP contribution in [-0.2, 0) is 6.42 Å². The Morgan fingerprint density at radius 2 is 2.07 bits per heavy atom. The van der Waals surface area contributed by atoms with Gasteiger partial charge >= 0.3 is 6.36 Å². The molecule has 0 aliphatic heterocycles. The molecular formula is C10H10F3O2. The van der Waals surface area contributed by atoms with Crippen molar-refractivity contribution in [2.24, 2.45) is 0 Å². The fourth-order valence-corrected chi connectivity index (χ4v) is 1.16. The minimum atomic E-state index is -4.71. The Labute approximate surface area is 85.3 Å². The van der Waals surface area contributed by atoms with E-state index in [4.69, 9.17) is 5.11 Å². The SMILES string of the molecule is CCc1ccc([CH]O)cc1OC(F)(F)F. The van der Waals surface area contributed by atoms with E-state index in [9.17, 15) is 13.2 Å². The normalized spacial score (nSPS) is 11.5. The number of aliphatic hydroxyl groups is 1. The molecule has 0 fully saturated rings. The summed E-state index contributed by atoms with van der Waals surface area (Å²) in [6.07, 6.45) is -4.28. The summed E-state index contributed by atoms with van der Waals surface area (Å²) in [5.74, 6) is -0.271. The van der Waals surface area contributed by atoms with E-state index in [1.165, 1.54) is 12.1 Å². The van der Waals surface area contributed by atoms with E-state index in [0.29, 0.717) is 12.0 Å². The number of hydrogen-bond acceptors (Lipinski definition) is 2. The average molecular weight is 219 g/mol. The third kappa shape index (κ3) is 3.43. The van der Waals surface area contributed by atoms with Crippen LogP contribution in [0.4, 0.5) is 13.2 Å². The van der Waals surface area contributed by atoms with Crippen LogP contribution in [0.15, 0.2) is 18.2 Å². The molecule has 1 N–H and O–H groups in total. The molecule has 0 aliphatic rings. The van der Waals surface area contributed by atoms with Gasteiger partial charge in [0.25, 0.3) is 0 Å². The van der Waals surface area contributed by atoms with Crippen molar-refractivity contribution in [3.05, 3.63) is 35.9 Å². The van der Waals surface area contributed by atoms with Crippen LogP contribution in [0.3, 0.4) is 0 Å². The number of benzene rings is 1. The first-order chi connectivity index (χ1) is 6.96. The van der Waals surface area contributed by atoms with Crippen molar-refractivity contribution in [3.63, 3.8) is 0 Å². The van der Waals surface area contributed by atoms with Gasteiger partial charge in [-0.05, 0) is 23.6 Å². The lowest BCUT2D eigenvalue weighted by molar-refractivity contribution is -0.274. The van der Waals surface area contributed by atoms with Gasteiger partial charge in [0, 0.05) is 0 Å². The summed E-state index contributed by atoms with van der Waals surface area (Å²) in [6.45, 7) is 2.45. The van der Waals surface area contributed by atoms with Gasteiger partial charge in [-0.1, -0.05) is 19.1 Å². The molecule has 1 aromatic carbocycles. The van der Waals surface area contributed by atoms with Crippen LogP contribution in [0, 0.1) is 6.61 Å². The lowest BCUT2D eigenvalue weighted by Gasteiger charge is -2.13. The largest absolute Gasteiger partial charge is 0.573 e. The highest BCUT2D eigenvalue weighted by Crippen LogP contribution is 2.28. The van der Waals surface area contributed by atoms with Gasteiger partial charge in [-0.2, -0.15) is 0 Å². The quantitative estimate of drug-likeness (QED) is 0.846. The second kappa shape index (κ2) is 4.53. The van der Waals surface area contributed by atoms with Crippen molar-refractivity contribution >= 4 is 0 Å². The van der Waals surface area contributed by atoms with Crippen molar-refractivity contribution < 1.29 is 23.0 Å². The molecule has 0 aromatic heterocycles. The fourth-order valence-electron chi connectivity index (χ4n) is 1.16. The molecule has 83 valence electrons. The van der Waals surface area contributed by atoms with Crippen molar-refractivity contribution in [2.45, 2.75) is 19.7 Å². The Balaban J connectivity index is 3.01. The monoisotopic (exact) mass is 219 g/mol. The zero-order chi connectivity index (χ0) is 11.5. The second-order valence-corrected chi connectivity index (χ2v) is 2.90. The average Bonchev–Trinajstić information content (AvgIpc) is 2.15. The van der Waals surface area contributed by atoms with E-state index in [-0.39, 0.29) is 11.3 Å². The van der Waals surface area contributed by atoms with E-state index in [0.717, 1.165) is 12.7 Å². The van der Waals surface area contributed by atoms with E-state index in [1.54, 1.807) is 6.92 Å². The molecule has 0 aliphatic carbocycles. The van der Waals surface area contributed by atoms with Crippen molar-refractivity contribution in [2.75, 3.05) is 0 Å². The van der Waals surface area contributed by atoms with Crippen LogP contribution in [0.2, 0.25) is 0 Å². The number of hydrogen-bond donors (Lipinski definition) is 1. The van der Waals surface area contributed by atoms with Gasteiger partial charge in [-0.3, -0.25) is 0 Å². The zero-order valence-electron chi connectivity index (χ0n) is 8.01. The number of aliphatic hydroxyl groups excluding tert-OH is 1. The molecular weight excluding hydrogens is 209 g/mol. The summed E-state index contributed by atoms with van der Waals surface area (Å²) in [7, 11) is 0. The summed E-state index contributed by atoms with van der Waals surface area (Å²) in [4.78, 5) is 0. The van der Waals surface area contributed by atoms with Gasteiger partial charge < -0.3 is 9.84 Å². The van der Waals surface area contributed by atoms with E-state index >= 15 is 0 Å². The lowest BCUT2D eigenvalue weighted by Crippen LogP contribution is -2.18. The highest BCUT2D eigenvalue weighted by Gasteiger charge is 2.31. The van der Waals surface area contributed by atoms with E-state index < -0.39 is 6.36 Å². The van der Waals surface area contributed by atoms with Gasteiger partial charge in [-0.15, -0.1) is 13.2 Å². The predicted molar refractivity (Wildman–Crippen MR) is 47.8 cm³/mol. The van der Waals surface area contributed by atoms with E-state index in [1.807, 2.05) is 0 Å². The standard InChI is InChI=1S/C10H10F3O2/c1-2-8-4-3-7(6-14)5-9(8)15-10(11,12)13/h3-6,14H,2H2,1H3.